The van der Waals surface area contributed by atoms with Crippen molar-refractivity contribution in [2.24, 2.45) is 0 Å². The SMILES string of the molecule is COc1cc(C2NC(=S)NC(C)=C2C(=O)O)ccc1OC(=O)/C=C/c1ccccc1. The van der Waals surface area contributed by atoms with E-state index in [9.17, 15) is 14.7 Å². The van der Waals surface area contributed by atoms with Gasteiger partial charge in [0, 0.05) is 11.8 Å². The van der Waals surface area contributed by atoms with E-state index in [2.05, 4.69) is 10.6 Å². The molecule has 0 saturated carbocycles. The van der Waals surface area contributed by atoms with Gasteiger partial charge in [-0.25, -0.2) is 9.59 Å². The molecule has 0 amide bonds. The molecule has 1 aliphatic rings. The number of ether oxygens (including phenoxy) is 2. The zero-order valence-electron chi connectivity index (χ0n) is 16.3. The highest BCUT2D eigenvalue weighted by molar-refractivity contribution is 7.80. The van der Waals surface area contributed by atoms with E-state index < -0.39 is 18.0 Å². The van der Waals surface area contributed by atoms with Gasteiger partial charge in [0.1, 0.15) is 0 Å². The van der Waals surface area contributed by atoms with Crippen molar-refractivity contribution in [3.05, 3.63) is 77.0 Å². The average Bonchev–Trinajstić information content (AvgIpc) is 2.72. The van der Waals surface area contributed by atoms with E-state index in [1.54, 1.807) is 31.2 Å². The van der Waals surface area contributed by atoms with Crippen molar-refractivity contribution in [1.82, 2.24) is 10.6 Å². The molecule has 3 N–H and O–H groups in total. The van der Waals surface area contributed by atoms with Gasteiger partial charge >= 0.3 is 11.9 Å². The molecule has 7 nitrogen and oxygen atoms in total. The highest BCUT2D eigenvalue weighted by Gasteiger charge is 2.30. The monoisotopic (exact) mass is 424 g/mol. The maximum absolute atomic E-state index is 12.2. The van der Waals surface area contributed by atoms with Crippen molar-refractivity contribution >= 4 is 35.3 Å². The quantitative estimate of drug-likeness (QED) is 0.282. The standard InChI is InChI=1S/C22H20N2O5S/c1-13-19(21(26)27)20(24-22(30)23-13)15-9-10-16(17(12-15)28-2)29-18(25)11-8-14-6-4-3-5-7-14/h3-12,20H,1-2H3,(H,26,27)(H2,23,24,30)/b11-8+. The van der Waals surface area contributed by atoms with Crippen LogP contribution in [0.5, 0.6) is 11.5 Å². The van der Waals surface area contributed by atoms with Gasteiger partial charge in [-0.3, -0.25) is 0 Å². The Bertz CT molecular complexity index is 1050. The first-order valence-corrected chi connectivity index (χ1v) is 9.44. The summed E-state index contributed by atoms with van der Waals surface area (Å²) >= 11 is 5.16. The fourth-order valence-corrected chi connectivity index (χ4v) is 3.32. The second kappa shape index (κ2) is 9.23. The van der Waals surface area contributed by atoms with Crippen molar-refractivity contribution in [3.63, 3.8) is 0 Å². The molecule has 0 aliphatic carbocycles. The van der Waals surface area contributed by atoms with Gasteiger partial charge < -0.3 is 25.2 Å². The van der Waals surface area contributed by atoms with E-state index in [1.807, 2.05) is 30.3 Å². The summed E-state index contributed by atoms with van der Waals surface area (Å²) in [5.41, 5.74) is 2.07. The van der Waals surface area contributed by atoms with Gasteiger partial charge in [0.15, 0.2) is 16.6 Å². The number of methoxy groups -OCH3 is 1. The molecular formula is C22H20N2O5S. The van der Waals surface area contributed by atoms with E-state index in [4.69, 9.17) is 21.7 Å². The molecule has 0 bridgehead atoms. The Hall–Kier alpha value is -3.65. The molecule has 1 atom stereocenters. The fraction of sp³-hybridized carbons (Fsp3) is 0.136. The van der Waals surface area contributed by atoms with Gasteiger partial charge in [0.25, 0.3) is 0 Å². The van der Waals surface area contributed by atoms with Crippen molar-refractivity contribution in [2.75, 3.05) is 7.11 Å². The number of hydrogen-bond donors (Lipinski definition) is 3. The molecule has 3 rings (SSSR count). The minimum atomic E-state index is -1.07. The van der Waals surface area contributed by atoms with E-state index >= 15 is 0 Å². The Morgan fingerprint density at radius 2 is 1.87 bits per heavy atom. The van der Waals surface area contributed by atoms with Crippen molar-refractivity contribution in [3.8, 4) is 11.5 Å². The molecule has 0 spiro atoms. The number of rotatable bonds is 6. The second-order valence-electron chi connectivity index (χ2n) is 6.45. The normalized spacial score (nSPS) is 16.1. The topological polar surface area (TPSA) is 96.9 Å². The van der Waals surface area contributed by atoms with Crippen molar-refractivity contribution in [2.45, 2.75) is 13.0 Å². The molecule has 30 heavy (non-hydrogen) atoms. The third-order valence-corrected chi connectivity index (χ3v) is 4.66. The van der Waals surface area contributed by atoms with Crippen molar-refractivity contribution < 1.29 is 24.2 Å². The predicted octanol–water partition coefficient (Wildman–Crippen LogP) is 3.19. The largest absolute Gasteiger partial charge is 0.493 e. The molecule has 1 aliphatic heterocycles. The van der Waals surface area contributed by atoms with E-state index in [-0.39, 0.29) is 11.3 Å². The van der Waals surface area contributed by atoms with Gasteiger partial charge in [-0.05, 0) is 48.5 Å². The van der Waals surface area contributed by atoms with Crippen molar-refractivity contribution in [1.29, 1.82) is 0 Å². The molecule has 2 aromatic rings. The summed E-state index contributed by atoms with van der Waals surface area (Å²) in [4.78, 5) is 23.9. The van der Waals surface area contributed by atoms with Gasteiger partial charge in [0.2, 0.25) is 0 Å². The molecule has 0 aromatic heterocycles. The third kappa shape index (κ3) is 4.84. The van der Waals surface area contributed by atoms with Crippen LogP contribution in [0.15, 0.2) is 65.9 Å². The zero-order valence-corrected chi connectivity index (χ0v) is 17.2. The maximum Gasteiger partial charge on any atom is 0.336 e. The Kier molecular flexibility index (Phi) is 6.48. The molecule has 154 valence electrons. The van der Waals surface area contributed by atoms with Crippen LogP contribution in [0, 0.1) is 0 Å². The number of carboxylic acid groups (broad SMARTS) is 1. The van der Waals surface area contributed by atoms with Gasteiger partial charge in [-0.1, -0.05) is 36.4 Å². The highest BCUT2D eigenvalue weighted by Crippen LogP contribution is 2.34. The maximum atomic E-state index is 12.2. The Labute approximate surface area is 179 Å². The molecule has 8 heteroatoms. The first kappa shape index (κ1) is 21.1. The molecule has 2 aromatic carbocycles. The smallest absolute Gasteiger partial charge is 0.336 e. The first-order chi connectivity index (χ1) is 14.4. The Balaban J connectivity index is 1.83. The lowest BCUT2D eigenvalue weighted by Crippen LogP contribution is -2.44. The molecule has 1 unspecified atom stereocenters. The summed E-state index contributed by atoms with van der Waals surface area (Å²) in [5, 5.41) is 15.7. The summed E-state index contributed by atoms with van der Waals surface area (Å²) in [5.74, 6) is -1.12. The fourth-order valence-electron chi connectivity index (χ4n) is 3.05. The van der Waals surface area contributed by atoms with E-state index in [0.717, 1.165) is 5.56 Å². The molecule has 0 fully saturated rings. The van der Waals surface area contributed by atoms with Crippen LogP contribution in [0.4, 0.5) is 0 Å². The summed E-state index contributed by atoms with van der Waals surface area (Å²) in [6.45, 7) is 1.65. The minimum Gasteiger partial charge on any atom is -0.493 e. The predicted molar refractivity (Wildman–Crippen MR) is 116 cm³/mol. The summed E-state index contributed by atoms with van der Waals surface area (Å²) in [6, 6.07) is 13.5. The molecule has 0 radical (unpaired) electrons. The lowest BCUT2D eigenvalue weighted by Gasteiger charge is -2.29. The number of carbonyl (C=O) groups is 2. The van der Waals surface area contributed by atoms with Crippen LogP contribution in [0.2, 0.25) is 0 Å². The molecular weight excluding hydrogens is 404 g/mol. The van der Waals surface area contributed by atoms with Crippen LogP contribution in [-0.4, -0.2) is 29.3 Å². The van der Waals surface area contributed by atoms with E-state index in [0.29, 0.717) is 22.1 Å². The van der Waals surface area contributed by atoms with Gasteiger partial charge in [-0.2, -0.15) is 0 Å². The number of allylic oxidation sites excluding steroid dienone is 1. The lowest BCUT2D eigenvalue weighted by atomic mass is 9.95. The van der Waals surface area contributed by atoms with Gasteiger partial charge in [0.05, 0.1) is 18.7 Å². The summed E-state index contributed by atoms with van der Waals surface area (Å²) in [6.07, 6.45) is 2.97. The number of esters is 1. The second-order valence-corrected chi connectivity index (χ2v) is 6.86. The Morgan fingerprint density at radius 1 is 1.13 bits per heavy atom. The van der Waals surface area contributed by atoms with Crippen LogP contribution in [-0.2, 0) is 9.59 Å². The number of thiocarbonyl (C=S) groups is 1. The van der Waals surface area contributed by atoms with E-state index in [1.165, 1.54) is 13.2 Å². The summed E-state index contributed by atoms with van der Waals surface area (Å²) in [7, 11) is 1.44. The average molecular weight is 424 g/mol. The highest BCUT2D eigenvalue weighted by atomic mass is 32.1. The van der Waals surface area contributed by atoms with Crippen LogP contribution in [0.25, 0.3) is 6.08 Å². The number of nitrogens with one attached hydrogen (secondary N) is 2. The lowest BCUT2D eigenvalue weighted by molar-refractivity contribution is -0.133. The van der Waals surface area contributed by atoms with Gasteiger partial charge in [-0.15, -0.1) is 0 Å². The van der Waals surface area contributed by atoms with Crippen LogP contribution in [0.3, 0.4) is 0 Å². The summed E-state index contributed by atoms with van der Waals surface area (Å²) < 4.78 is 10.7. The van der Waals surface area contributed by atoms with Crippen LogP contribution in [0.1, 0.15) is 24.1 Å². The number of hydrogen-bond acceptors (Lipinski definition) is 5. The van der Waals surface area contributed by atoms with Crippen LogP contribution >= 0.6 is 12.2 Å². The number of carboxylic acids is 1. The third-order valence-electron chi connectivity index (χ3n) is 4.44. The van der Waals surface area contributed by atoms with Crippen LogP contribution < -0.4 is 20.1 Å². The molecule has 0 saturated heterocycles. The molecule has 1 heterocycles. The number of benzene rings is 2. The number of carbonyl (C=O) groups excluding carboxylic acids is 1. The number of aliphatic carboxylic acids is 1. The first-order valence-electron chi connectivity index (χ1n) is 9.03. The Morgan fingerprint density at radius 3 is 2.53 bits per heavy atom. The minimum absolute atomic E-state index is 0.140. The zero-order chi connectivity index (χ0) is 21.7.